The molecule has 1 rings (SSSR count). The second-order valence-electron chi connectivity index (χ2n) is 3.91. The summed E-state index contributed by atoms with van der Waals surface area (Å²) in [5, 5.41) is 13.2. The molecular weight excluding hydrogens is 239 g/mol. The number of halogens is 1. The Morgan fingerprint density at radius 2 is 2.06 bits per heavy atom. The lowest BCUT2D eigenvalue weighted by Crippen LogP contribution is -2.34. The van der Waals surface area contributed by atoms with Gasteiger partial charge in [0.15, 0.2) is 0 Å². The predicted octanol–water partition coefficient (Wildman–Crippen LogP) is 2.65. The molecule has 0 aliphatic carbocycles. The molecule has 1 N–H and O–H groups in total. The number of hydrogen-bond donors (Lipinski definition) is 1. The first-order valence-electron chi connectivity index (χ1n) is 5.74. The lowest BCUT2D eigenvalue weighted by molar-refractivity contribution is -0.384. The van der Waals surface area contributed by atoms with Gasteiger partial charge < -0.3 is 5.32 Å². The SMILES string of the molecule is CCC(CC)NC(=O)c1cc([N+](=O)[O-])ccc1F. The van der Waals surface area contributed by atoms with Crippen LogP contribution in [-0.2, 0) is 0 Å². The number of rotatable bonds is 5. The minimum atomic E-state index is -0.760. The van der Waals surface area contributed by atoms with Gasteiger partial charge >= 0.3 is 0 Å². The number of non-ortho nitro benzene ring substituents is 1. The molecule has 0 spiro atoms. The Morgan fingerprint density at radius 3 is 2.56 bits per heavy atom. The van der Waals surface area contributed by atoms with Crippen LogP contribution in [0.25, 0.3) is 0 Å². The van der Waals surface area contributed by atoms with E-state index in [-0.39, 0.29) is 17.3 Å². The fraction of sp³-hybridized carbons (Fsp3) is 0.417. The molecule has 0 aliphatic heterocycles. The van der Waals surface area contributed by atoms with E-state index in [1.54, 1.807) is 0 Å². The van der Waals surface area contributed by atoms with Crippen LogP contribution in [0.5, 0.6) is 0 Å². The zero-order valence-corrected chi connectivity index (χ0v) is 10.3. The smallest absolute Gasteiger partial charge is 0.270 e. The summed E-state index contributed by atoms with van der Waals surface area (Å²) < 4.78 is 13.5. The Labute approximate surface area is 104 Å². The van der Waals surface area contributed by atoms with Gasteiger partial charge in [-0.05, 0) is 18.9 Å². The number of nitro groups is 1. The Hall–Kier alpha value is -1.98. The zero-order chi connectivity index (χ0) is 13.7. The molecule has 1 amide bonds. The van der Waals surface area contributed by atoms with Crippen molar-refractivity contribution in [1.29, 1.82) is 0 Å². The molecule has 0 radical (unpaired) electrons. The van der Waals surface area contributed by atoms with Gasteiger partial charge in [-0.15, -0.1) is 0 Å². The number of carbonyl (C=O) groups is 1. The summed E-state index contributed by atoms with van der Waals surface area (Å²) in [7, 11) is 0. The van der Waals surface area contributed by atoms with Crippen LogP contribution >= 0.6 is 0 Å². The molecule has 18 heavy (non-hydrogen) atoms. The maximum atomic E-state index is 13.5. The van der Waals surface area contributed by atoms with Crippen LogP contribution in [0.2, 0.25) is 0 Å². The second kappa shape index (κ2) is 6.09. The highest BCUT2D eigenvalue weighted by atomic mass is 19.1. The van der Waals surface area contributed by atoms with Gasteiger partial charge in [-0.3, -0.25) is 14.9 Å². The number of carbonyl (C=O) groups excluding carboxylic acids is 1. The van der Waals surface area contributed by atoms with Crippen LogP contribution < -0.4 is 5.32 Å². The molecule has 0 bridgehead atoms. The predicted molar refractivity (Wildman–Crippen MR) is 64.9 cm³/mol. The molecule has 0 fully saturated rings. The number of nitrogens with one attached hydrogen (secondary N) is 1. The van der Waals surface area contributed by atoms with Gasteiger partial charge in [0.2, 0.25) is 0 Å². The van der Waals surface area contributed by atoms with E-state index in [4.69, 9.17) is 0 Å². The van der Waals surface area contributed by atoms with E-state index in [1.165, 1.54) is 0 Å². The third-order valence-corrected chi connectivity index (χ3v) is 2.73. The van der Waals surface area contributed by atoms with Crippen molar-refractivity contribution in [3.63, 3.8) is 0 Å². The maximum Gasteiger partial charge on any atom is 0.270 e. The topological polar surface area (TPSA) is 72.2 Å². The molecule has 0 aromatic heterocycles. The number of benzene rings is 1. The lowest BCUT2D eigenvalue weighted by atomic mass is 10.1. The van der Waals surface area contributed by atoms with Crippen LogP contribution in [0.4, 0.5) is 10.1 Å². The molecule has 0 atom stereocenters. The van der Waals surface area contributed by atoms with Gasteiger partial charge in [0.25, 0.3) is 11.6 Å². The van der Waals surface area contributed by atoms with Gasteiger partial charge in [0, 0.05) is 18.2 Å². The van der Waals surface area contributed by atoms with Crippen molar-refractivity contribution in [2.75, 3.05) is 0 Å². The molecule has 1 aromatic carbocycles. The minimum Gasteiger partial charge on any atom is -0.349 e. The highest BCUT2D eigenvalue weighted by Gasteiger charge is 2.18. The van der Waals surface area contributed by atoms with Crippen molar-refractivity contribution in [2.24, 2.45) is 0 Å². The van der Waals surface area contributed by atoms with E-state index in [0.29, 0.717) is 0 Å². The quantitative estimate of drug-likeness (QED) is 0.648. The van der Waals surface area contributed by atoms with Crippen molar-refractivity contribution >= 4 is 11.6 Å². The van der Waals surface area contributed by atoms with Crippen LogP contribution in [0.15, 0.2) is 18.2 Å². The van der Waals surface area contributed by atoms with E-state index >= 15 is 0 Å². The Kier molecular flexibility index (Phi) is 4.76. The van der Waals surface area contributed by atoms with Crippen LogP contribution in [0.3, 0.4) is 0 Å². The summed E-state index contributed by atoms with van der Waals surface area (Å²) in [6.07, 6.45) is 1.44. The Balaban J connectivity index is 2.97. The number of amides is 1. The average Bonchev–Trinajstić information content (AvgIpc) is 2.35. The van der Waals surface area contributed by atoms with E-state index in [2.05, 4.69) is 5.32 Å². The minimum absolute atomic E-state index is 0.0591. The fourth-order valence-electron chi connectivity index (χ4n) is 1.56. The Bertz CT molecular complexity index is 459. The molecule has 0 aliphatic rings. The zero-order valence-electron chi connectivity index (χ0n) is 10.3. The third-order valence-electron chi connectivity index (χ3n) is 2.73. The first kappa shape index (κ1) is 14.1. The molecule has 6 heteroatoms. The normalized spacial score (nSPS) is 10.4. The summed E-state index contributed by atoms with van der Waals surface area (Å²) >= 11 is 0. The lowest BCUT2D eigenvalue weighted by Gasteiger charge is -2.14. The number of nitrogens with zero attached hydrogens (tertiary/aromatic N) is 1. The van der Waals surface area contributed by atoms with E-state index in [1.807, 2.05) is 13.8 Å². The molecule has 0 saturated heterocycles. The summed E-state index contributed by atoms with van der Waals surface area (Å²) in [5.41, 5.74) is -0.595. The van der Waals surface area contributed by atoms with Gasteiger partial charge in [0.05, 0.1) is 10.5 Å². The van der Waals surface area contributed by atoms with E-state index < -0.39 is 16.6 Å². The highest BCUT2D eigenvalue weighted by molar-refractivity contribution is 5.95. The third kappa shape index (κ3) is 3.26. The van der Waals surface area contributed by atoms with Crippen molar-refractivity contribution in [3.05, 3.63) is 39.7 Å². The van der Waals surface area contributed by atoms with E-state index in [0.717, 1.165) is 31.0 Å². The monoisotopic (exact) mass is 254 g/mol. The summed E-state index contributed by atoms with van der Waals surface area (Å²) in [6.45, 7) is 3.80. The van der Waals surface area contributed by atoms with E-state index in [9.17, 15) is 19.3 Å². The average molecular weight is 254 g/mol. The van der Waals surface area contributed by atoms with Crippen molar-refractivity contribution in [1.82, 2.24) is 5.32 Å². The number of hydrogen-bond acceptors (Lipinski definition) is 3. The second-order valence-corrected chi connectivity index (χ2v) is 3.91. The summed E-state index contributed by atoms with van der Waals surface area (Å²) in [6, 6.07) is 2.85. The molecule has 5 nitrogen and oxygen atoms in total. The molecule has 1 aromatic rings. The van der Waals surface area contributed by atoms with Crippen molar-refractivity contribution in [2.45, 2.75) is 32.7 Å². The van der Waals surface area contributed by atoms with Crippen LogP contribution in [-0.4, -0.2) is 16.9 Å². The van der Waals surface area contributed by atoms with Gasteiger partial charge in [-0.2, -0.15) is 0 Å². The van der Waals surface area contributed by atoms with Gasteiger partial charge in [0.1, 0.15) is 5.82 Å². The Morgan fingerprint density at radius 1 is 1.44 bits per heavy atom. The molecule has 0 saturated carbocycles. The largest absolute Gasteiger partial charge is 0.349 e. The molecular formula is C12H15FN2O3. The first-order valence-corrected chi connectivity index (χ1v) is 5.74. The first-order chi connectivity index (χ1) is 8.49. The van der Waals surface area contributed by atoms with Crippen molar-refractivity contribution in [3.8, 4) is 0 Å². The fourth-order valence-corrected chi connectivity index (χ4v) is 1.56. The molecule has 0 heterocycles. The van der Waals surface area contributed by atoms with Gasteiger partial charge in [-0.25, -0.2) is 4.39 Å². The maximum absolute atomic E-state index is 13.5. The summed E-state index contributed by atoms with van der Waals surface area (Å²) in [5.74, 6) is -1.38. The molecule has 98 valence electrons. The van der Waals surface area contributed by atoms with Gasteiger partial charge in [-0.1, -0.05) is 13.8 Å². The van der Waals surface area contributed by atoms with Crippen LogP contribution in [0, 0.1) is 15.9 Å². The van der Waals surface area contributed by atoms with Crippen molar-refractivity contribution < 1.29 is 14.1 Å². The number of nitro benzene ring substituents is 1. The standard InChI is InChI=1S/C12H15FN2O3/c1-3-8(4-2)14-12(16)10-7-9(15(17)18)5-6-11(10)13/h5-8H,3-4H2,1-2H3,(H,14,16). The highest BCUT2D eigenvalue weighted by Crippen LogP contribution is 2.17. The summed E-state index contributed by atoms with van der Waals surface area (Å²) in [4.78, 5) is 21.7. The molecule has 0 unspecified atom stereocenters. The van der Waals surface area contributed by atoms with Crippen LogP contribution in [0.1, 0.15) is 37.0 Å².